The highest BCUT2D eigenvalue weighted by molar-refractivity contribution is 5.98. The molecule has 110 valence electrons. The Hall–Kier alpha value is -2.38. The minimum absolute atomic E-state index is 0.205. The third-order valence-corrected chi connectivity index (χ3v) is 2.64. The Labute approximate surface area is 116 Å². The number of oxime groups is 1. The molecule has 0 unspecified atom stereocenters. The number of amidine groups is 1. The topological polar surface area (TPSA) is 124 Å². The molecule has 1 aromatic rings. The van der Waals surface area contributed by atoms with Crippen LogP contribution in [0.3, 0.4) is 0 Å². The first kappa shape index (κ1) is 15.7. The van der Waals surface area contributed by atoms with Crippen molar-refractivity contribution in [1.82, 2.24) is 4.98 Å². The molecule has 0 aliphatic carbocycles. The van der Waals surface area contributed by atoms with Crippen molar-refractivity contribution in [1.29, 1.82) is 0 Å². The Morgan fingerprint density at radius 2 is 2.25 bits per heavy atom. The van der Waals surface area contributed by atoms with Crippen molar-refractivity contribution in [3.05, 3.63) is 27.9 Å². The molecule has 0 bridgehead atoms. The van der Waals surface area contributed by atoms with Gasteiger partial charge in [-0.05, 0) is 6.42 Å². The number of rotatable bonds is 8. The number of unbranched alkanes of at least 4 members (excludes halogenated alkanes) is 3. The van der Waals surface area contributed by atoms with Crippen LogP contribution in [0, 0.1) is 10.1 Å². The maximum absolute atomic E-state index is 10.8. The smallest absolute Gasteiger partial charge is 0.299 e. The van der Waals surface area contributed by atoms with Crippen LogP contribution in [0.25, 0.3) is 0 Å². The Bertz CT molecular complexity index is 490. The first-order valence-corrected chi connectivity index (χ1v) is 6.36. The zero-order valence-corrected chi connectivity index (χ0v) is 11.3. The van der Waals surface area contributed by atoms with Crippen molar-refractivity contribution in [2.24, 2.45) is 10.9 Å². The number of hydrogen-bond acceptors (Lipinski definition) is 6. The lowest BCUT2D eigenvalue weighted by Crippen LogP contribution is -2.17. The Morgan fingerprint density at radius 1 is 1.50 bits per heavy atom. The molecule has 1 rings (SSSR count). The lowest BCUT2D eigenvalue weighted by atomic mass is 10.2. The Balaban J connectivity index is 2.77. The van der Waals surface area contributed by atoms with E-state index >= 15 is 0 Å². The number of nitrogens with zero attached hydrogens (tertiary/aromatic N) is 3. The zero-order valence-electron chi connectivity index (χ0n) is 11.3. The lowest BCUT2D eigenvalue weighted by Gasteiger charge is -2.06. The highest BCUT2D eigenvalue weighted by Gasteiger charge is 2.20. The van der Waals surface area contributed by atoms with Crippen molar-refractivity contribution in [3.63, 3.8) is 0 Å². The van der Waals surface area contributed by atoms with Crippen molar-refractivity contribution in [2.45, 2.75) is 32.6 Å². The summed E-state index contributed by atoms with van der Waals surface area (Å²) in [6.07, 6.45) is 4.19. The van der Waals surface area contributed by atoms with Gasteiger partial charge in [0, 0.05) is 12.1 Å². The summed E-state index contributed by atoms with van der Waals surface area (Å²) in [7, 11) is 0. The van der Waals surface area contributed by atoms with E-state index in [0.717, 1.165) is 25.7 Å². The minimum atomic E-state index is -0.647. The first-order chi connectivity index (χ1) is 9.60. The SMILES string of the molecule is CCCCCCOc1ccc([N+](=O)[O-])c(/C(N)=N/O)n1. The highest BCUT2D eigenvalue weighted by atomic mass is 16.6. The summed E-state index contributed by atoms with van der Waals surface area (Å²) in [4.78, 5) is 14.1. The van der Waals surface area contributed by atoms with Gasteiger partial charge in [0.25, 0.3) is 5.69 Å². The van der Waals surface area contributed by atoms with Gasteiger partial charge >= 0.3 is 0 Å². The molecule has 0 saturated carbocycles. The molecule has 0 aromatic carbocycles. The zero-order chi connectivity index (χ0) is 15.0. The number of pyridine rings is 1. The van der Waals surface area contributed by atoms with E-state index in [4.69, 9.17) is 15.7 Å². The normalized spacial score (nSPS) is 11.3. The molecule has 0 atom stereocenters. The van der Waals surface area contributed by atoms with Gasteiger partial charge in [0.15, 0.2) is 11.5 Å². The molecule has 0 aliphatic heterocycles. The van der Waals surface area contributed by atoms with Gasteiger partial charge in [0.2, 0.25) is 5.88 Å². The molecule has 0 aliphatic rings. The number of nitro groups is 1. The summed E-state index contributed by atoms with van der Waals surface area (Å²) in [5, 5.41) is 22.2. The van der Waals surface area contributed by atoms with Gasteiger partial charge in [-0.3, -0.25) is 10.1 Å². The average Bonchev–Trinajstić information content (AvgIpc) is 2.45. The van der Waals surface area contributed by atoms with Crippen molar-refractivity contribution < 1.29 is 14.9 Å². The molecular weight excluding hydrogens is 264 g/mol. The molecule has 0 amide bonds. The fourth-order valence-electron chi connectivity index (χ4n) is 1.60. The summed E-state index contributed by atoms with van der Waals surface area (Å²) in [6.45, 7) is 2.59. The number of aromatic nitrogens is 1. The van der Waals surface area contributed by atoms with Crippen molar-refractivity contribution in [2.75, 3.05) is 6.61 Å². The second kappa shape index (κ2) is 7.93. The fourth-order valence-corrected chi connectivity index (χ4v) is 1.60. The van der Waals surface area contributed by atoms with Gasteiger partial charge < -0.3 is 15.7 Å². The molecule has 1 aromatic heterocycles. The van der Waals surface area contributed by atoms with Gasteiger partial charge in [0.05, 0.1) is 11.5 Å². The summed E-state index contributed by atoms with van der Waals surface area (Å²) >= 11 is 0. The second-order valence-corrected chi connectivity index (χ2v) is 4.17. The summed E-state index contributed by atoms with van der Waals surface area (Å²) in [6, 6.07) is 2.62. The predicted octanol–water partition coefficient (Wildman–Crippen LogP) is 2.04. The molecular formula is C12H18N4O4. The summed E-state index contributed by atoms with van der Waals surface area (Å²) < 4.78 is 5.40. The van der Waals surface area contributed by atoms with Crippen LogP contribution in [0.15, 0.2) is 17.3 Å². The number of nitrogens with two attached hydrogens (primary N) is 1. The molecule has 0 spiro atoms. The number of hydrogen-bond donors (Lipinski definition) is 2. The highest BCUT2D eigenvalue weighted by Crippen LogP contribution is 2.20. The third kappa shape index (κ3) is 4.38. The number of ether oxygens (including phenoxy) is 1. The molecule has 8 heteroatoms. The second-order valence-electron chi connectivity index (χ2n) is 4.17. The van der Waals surface area contributed by atoms with Crippen LogP contribution in [0.1, 0.15) is 38.3 Å². The summed E-state index contributed by atoms with van der Waals surface area (Å²) in [5.74, 6) is -0.207. The lowest BCUT2D eigenvalue weighted by molar-refractivity contribution is -0.385. The standard InChI is InChI=1S/C12H18N4O4/c1-2-3-4-5-8-20-10-7-6-9(16(18)19)11(14-10)12(13)15-17/h6-7,17H,2-5,8H2,1H3,(H2,13,15). The maximum Gasteiger partial charge on any atom is 0.299 e. The monoisotopic (exact) mass is 282 g/mol. The van der Waals surface area contributed by atoms with E-state index in [1.807, 2.05) is 0 Å². The molecule has 1 heterocycles. The minimum Gasteiger partial charge on any atom is -0.478 e. The first-order valence-electron chi connectivity index (χ1n) is 6.36. The quantitative estimate of drug-likeness (QED) is 0.188. The molecule has 8 nitrogen and oxygen atoms in total. The maximum atomic E-state index is 10.8. The molecule has 0 saturated heterocycles. The predicted molar refractivity (Wildman–Crippen MR) is 73.0 cm³/mol. The van der Waals surface area contributed by atoms with E-state index in [2.05, 4.69) is 17.1 Å². The van der Waals surface area contributed by atoms with Crippen molar-refractivity contribution >= 4 is 11.5 Å². The van der Waals surface area contributed by atoms with Crippen LogP contribution in [0.2, 0.25) is 0 Å². The van der Waals surface area contributed by atoms with Crippen LogP contribution >= 0.6 is 0 Å². The van der Waals surface area contributed by atoms with E-state index in [-0.39, 0.29) is 17.3 Å². The third-order valence-electron chi connectivity index (χ3n) is 2.64. The Morgan fingerprint density at radius 3 is 2.85 bits per heavy atom. The fraction of sp³-hybridized carbons (Fsp3) is 0.500. The molecule has 0 fully saturated rings. The van der Waals surface area contributed by atoms with Gasteiger partial charge in [-0.2, -0.15) is 0 Å². The molecule has 3 N–H and O–H groups in total. The van der Waals surface area contributed by atoms with E-state index in [9.17, 15) is 10.1 Å². The molecule has 20 heavy (non-hydrogen) atoms. The van der Waals surface area contributed by atoms with Crippen molar-refractivity contribution in [3.8, 4) is 5.88 Å². The van der Waals surface area contributed by atoms with E-state index in [1.165, 1.54) is 12.1 Å². The van der Waals surface area contributed by atoms with Gasteiger partial charge in [-0.25, -0.2) is 4.98 Å². The Kier molecular flexibility index (Phi) is 6.21. The average molecular weight is 282 g/mol. The van der Waals surface area contributed by atoms with Gasteiger partial charge in [-0.15, -0.1) is 0 Å². The van der Waals surface area contributed by atoms with E-state index < -0.39 is 10.8 Å². The van der Waals surface area contributed by atoms with Crippen LogP contribution in [-0.2, 0) is 0 Å². The van der Waals surface area contributed by atoms with Crippen LogP contribution in [0.4, 0.5) is 5.69 Å². The van der Waals surface area contributed by atoms with E-state index in [0.29, 0.717) is 6.61 Å². The van der Waals surface area contributed by atoms with Gasteiger partial charge in [0.1, 0.15) is 0 Å². The van der Waals surface area contributed by atoms with Crippen LogP contribution in [-0.4, -0.2) is 27.6 Å². The summed E-state index contributed by atoms with van der Waals surface area (Å²) in [5.41, 5.74) is 4.83. The van der Waals surface area contributed by atoms with Crippen LogP contribution in [0.5, 0.6) is 5.88 Å². The largest absolute Gasteiger partial charge is 0.478 e. The van der Waals surface area contributed by atoms with E-state index in [1.54, 1.807) is 0 Å². The molecule has 0 radical (unpaired) electrons. The van der Waals surface area contributed by atoms with Crippen LogP contribution < -0.4 is 10.5 Å². The van der Waals surface area contributed by atoms with Gasteiger partial charge in [-0.1, -0.05) is 31.3 Å².